The van der Waals surface area contributed by atoms with Crippen molar-refractivity contribution in [1.29, 1.82) is 0 Å². The predicted octanol–water partition coefficient (Wildman–Crippen LogP) is 1.98. The number of halogens is 1. The summed E-state index contributed by atoms with van der Waals surface area (Å²) in [7, 11) is 1.45. The molecule has 0 N–H and O–H groups in total. The Bertz CT molecular complexity index is 410. The van der Waals surface area contributed by atoms with Crippen LogP contribution < -0.4 is 4.74 Å². The Balaban J connectivity index is 2.67. The van der Waals surface area contributed by atoms with Crippen molar-refractivity contribution in [1.82, 2.24) is 4.98 Å². The number of rotatable bonds is 1. The minimum Gasteiger partial charge on any atom is -0.453 e. The van der Waals surface area contributed by atoms with Crippen molar-refractivity contribution in [3.63, 3.8) is 0 Å². The van der Waals surface area contributed by atoms with Gasteiger partial charge in [-0.15, -0.1) is 0 Å². The molecule has 0 bridgehead atoms. The molecule has 0 saturated carbocycles. The molecule has 0 amide bonds. The Morgan fingerprint density at radius 3 is 3.08 bits per heavy atom. The van der Waals surface area contributed by atoms with Crippen LogP contribution in [0.15, 0.2) is 22.6 Å². The SMILES string of the molecule is COc1nc2cc(F)ccc2o1. The van der Waals surface area contributed by atoms with Gasteiger partial charge >= 0.3 is 6.08 Å². The van der Waals surface area contributed by atoms with Crippen molar-refractivity contribution in [2.24, 2.45) is 0 Å². The van der Waals surface area contributed by atoms with E-state index in [0.29, 0.717) is 11.1 Å². The molecule has 0 saturated heterocycles. The molecule has 0 radical (unpaired) electrons. The third-order valence-electron chi connectivity index (χ3n) is 1.50. The second-order valence-electron chi connectivity index (χ2n) is 2.30. The third kappa shape index (κ3) is 1.01. The van der Waals surface area contributed by atoms with Crippen LogP contribution >= 0.6 is 0 Å². The van der Waals surface area contributed by atoms with Crippen molar-refractivity contribution < 1.29 is 13.5 Å². The van der Waals surface area contributed by atoms with E-state index in [1.54, 1.807) is 0 Å². The van der Waals surface area contributed by atoms with Crippen LogP contribution in [-0.2, 0) is 0 Å². The van der Waals surface area contributed by atoms with Gasteiger partial charge in [0.05, 0.1) is 7.11 Å². The van der Waals surface area contributed by atoms with Crippen molar-refractivity contribution in [3.8, 4) is 6.08 Å². The highest BCUT2D eigenvalue weighted by atomic mass is 19.1. The molecule has 62 valence electrons. The molecule has 0 fully saturated rings. The predicted molar refractivity (Wildman–Crippen MR) is 40.5 cm³/mol. The molecular formula is C8H6FNO2. The fourth-order valence-electron chi connectivity index (χ4n) is 0.967. The van der Waals surface area contributed by atoms with E-state index in [4.69, 9.17) is 9.15 Å². The van der Waals surface area contributed by atoms with Gasteiger partial charge in [-0.25, -0.2) is 4.39 Å². The van der Waals surface area contributed by atoms with E-state index in [2.05, 4.69) is 4.98 Å². The Morgan fingerprint density at radius 2 is 2.33 bits per heavy atom. The van der Waals surface area contributed by atoms with Gasteiger partial charge in [0.15, 0.2) is 5.58 Å². The van der Waals surface area contributed by atoms with Gasteiger partial charge in [0.25, 0.3) is 0 Å². The van der Waals surface area contributed by atoms with E-state index >= 15 is 0 Å². The molecule has 0 aliphatic heterocycles. The maximum atomic E-state index is 12.6. The smallest absolute Gasteiger partial charge is 0.394 e. The number of ether oxygens (including phenoxy) is 1. The highest BCUT2D eigenvalue weighted by molar-refractivity contribution is 5.72. The monoisotopic (exact) mass is 167 g/mol. The summed E-state index contributed by atoms with van der Waals surface area (Å²) in [6, 6.07) is 4.12. The van der Waals surface area contributed by atoms with Gasteiger partial charge in [0, 0.05) is 6.07 Å². The lowest BCUT2D eigenvalue weighted by molar-refractivity contribution is 0.299. The zero-order chi connectivity index (χ0) is 8.55. The molecule has 12 heavy (non-hydrogen) atoms. The molecule has 0 atom stereocenters. The number of hydrogen-bond donors (Lipinski definition) is 0. The quantitative estimate of drug-likeness (QED) is 0.651. The first-order valence-corrected chi connectivity index (χ1v) is 3.39. The molecule has 0 unspecified atom stereocenters. The van der Waals surface area contributed by atoms with E-state index in [-0.39, 0.29) is 11.9 Å². The number of aromatic nitrogens is 1. The minimum absolute atomic E-state index is 0.149. The van der Waals surface area contributed by atoms with Crippen molar-refractivity contribution >= 4 is 11.1 Å². The molecule has 1 aromatic carbocycles. The largest absolute Gasteiger partial charge is 0.453 e. The van der Waals surface area contributed by atoms with E-state index in [9.17, 15) is 4.39 Å². The number of benzene rings is 1. The second kappa shape index (κ2) is 2.48. The van der Waals surface area contributed by atoms with Crippen LogP contribution in [0.1, 0.15) is 0 Å². The highest BCUT2D eigenvalue weighted by Crippen LogP contribution is 2.20. The summed E-state index contributed by atoms with van der Waals surface area (Å²) in [5.41, 5.74) is 0.986. The molecule has 1 heterocycles. The van der Waals surface area contributed by atoms with Gasteiger partial charge in [-0.05, 0) is 12.1 Å². The lowest BCUT2D eigenvalue weighted by Crippen LogP contribution is -1.79. The standard InChI is InChI=1S/C8H6FNO2/c1-11-8-10-6-4-5(9)2-3-7(6)12-8/h2-4H,1H3. The average Bonchev–Trinajstić information content (AvgIpc) is 2.46. The molecule has 0 aliphatic carbocycles. The van der Waals surface area contributed by atoms with Gasteiger partial charge in [-0.1, -0.05) is 0 Å². The van der Waals surface area contributed by atoms with Crippen molar-refractivity contribution in [3.05, 3.63) is 24.0 Å². The summed E-state index contributed by atoms with van der Waals surface area (Å²) in [5.74, 6) is -0.335. The first-order valence-electron chi connectivity index (χ1n) is 3.39. The molecule has 0 aliphatic rings. The number of oxazole rings is 1. The van der Waals surface area contributed by atoms with E-state index < -0.39 is 0 Å². The summed E-state index contributed by atoms with van der Waals surface area (Å²) in [5, 5.41) is 0. The fraction of sp³-hybridized carbons (Fsp3) is 0.125. The van der Waals surface area contributed by atoms with E-state index in [1.807, 2.05) is 0 Å². The minimum atomic E-state index is -0.335. The number of hydrogen-bond acceptors (Lipinski definition) is 3. The summed E-state index contributed by atoms with van der Waals surface area (Å²) in [4.78, 5) is 3.86. The number of fused-ring (bicyclic) bond motifs is 1. The first kappa shape index (κ1) is 7.09. The Kier molecular flexibility index (Phi) is 1.46. The van der Waals surface area contributed by atoms with Crippen LogP contribution in [-0.4, -0.2) is 12.1 Å². The Labute approximate surface area is 67.8 Å². The molecule has 2 rings (SSSR count). The van der Waals surface area contributed by atoms with Crippen molar-refractivity contribution in [2.45, 2.75) is 0 Å². The summed E-state index contributed by atoms with van der Waals surface area (Å²) >= 11 is 0. The average molecular weight is 167 g/mol. The Hall–Kier alpha value is -1.58. The van der Waals surface area contributed by atoms with E-state index in [1.165, 1.54) is 25.3 Å². The van der Waals surface area contributed by atoms with Crippen LogP contribution in [0.25, 0.3) is 11.1 Å². The first-order chi connectivity index (χ1) is 5.79. The number of methoxy groups -OCH3 is 1. The lowest BCUT2D eigenvalue weighted by Gasteiger charge is -1.85. The summed E-state index contributed by atoms with van der Waals surface area (Å²) in [6.45, 7) is 0. The van der Waals surface area contributed by atoms with Gasteiger partial charge < -0.3 is 9.15 Å². The number of nitrogens with zero attached hydrogens (tertiary/aromatic N) is 1. The second-order valence-corrected chi connectivity index (χ2v) is 2.30. The maximum absolute atomic E-state index is 12.6. The van der Waals surface area contributed by atoms with Gasteiger partial charge in [-0.3, -0.25) is 0 Å². The topological polar surface area (TPSA) is 35.3 Å². The Morgan fingerprint density at radius 1 is 1.50 bits per heavy atom. The molecular weight excluding hydrogens is 161 g/mol. The van der Waals surface area contributed by atoms with Crippen LogP contribution in [0.3, 0.4) is 0 Å². The molecule has 4 heteroatoms. The summed E-state index contributed by atoms with van der Waals surface area (Å²) < 4.78 is 22.4. The zero-order valence-corrected chi connectivity index (χ0v) is 6.37. The zero-order valence-electron chi connectivity index (χ0n) is 6.37. The van der Waals surface area contributed by atoms with Gasteiger partial charge in [-0.2, -0.15) is 4.98 Å². The van der Waals surface area contributed by atoms with Crippen molar-refractivity contribution in [2.75, 3.05) is 7.11 Å². The van der Waals surface area contributed by atoms with Crippen LogP contribution in [0, 0.1) is 5.82 Å². The fourth-order valence-corrected chi connectivity index (χ4v) is 0.967. The molecule has 0 spiro atoms. The highest BCUT2D eigenvalue weighted by Gasteiger charge is 2.05. The van der Waals surface area contributed by atoms with Crippen LogP contribution in [0.2, 0.25) is 0 Å². The molecule has 1 aromatic heterocycles. The lowest BCUT2D eigenvalue weighted by atomic mass is 10.3. The van der Waals surface area contributed by atoms with E-state index in [0.717, 1.165) is 0 Å². The third-order valence-corrected chi connectivity index (χ3v) is 1.50. The molecule has 2 aromatic rings. The normalized spacial score (nSPS) is 10.5. The molecule has 3 nitrogen and oxygen atoms in total. The van der Waals surface area contributed by atoms with Gasteiger partial charge in [0.2, 0.25) is 0 Å². The maximum Gasteiger partial charge on any atom is 0.394 e. The van der Waals surface area contributed by atoms with Crippen LogP contribution in [0.4, 0.5) is 4.39 Å². The van der Waals surface area contributed by atoms with Crippen LogP contribution in [0.5, 0.6) is 6.08 Å². The van der Waals surface area contributed by atoms with Gasteiger partial charge in [0.1, 0.15) is 11.3 Å². The summed E-state index contributed by atoms with van der Waals surface area (Å²) in [6.07, 6.45) is 0.149.